The van der Waals surface area contributed by atoms with E-state index in [2.05, 4.69) is 245 Å². The van der Waals surface area contributed by atoms with Crippen molar-refractivity contribution in [3.63, 3.8) is 0 Å². The van der Waals surface area contributed by atoms with Gasteiger partial charge in [-0.3, -0.25) is 0 Å². The molecule has 0 N–H and O–H groups in total. The molecule has 9 aromatic rings. The highest BCUT2D eigenvalue weighted by Gasteiger charge is 2.38. The molecule has 0 bridgehead atoms. The smallest absolute Gasteiger partial charge is 0.0540 e. The number of nitrogens with zero attached hydrogens (tertiary/aromatic N) is 1. The van der Waals surface area contributed by atoms with Gasteiger partial charge in [-0.25, -0.2) is 0 Å². The summed E-state index contributed by atoms with van der Waals surface area (Å²) in [4.78, 5) is 2.50. The maximum atomic E-state index is 2.50. The zero-order chi connectivity index (χ0) is 41.3. The van der Waals surface area contributed by atoms with Crippen LogP contribution in [0.15, 0.2) is 212 Å². The Labute approximate surface area is 360 Å². The van der Waals surface area contributed by atoms with Gasteiger partial charge in [-0.1, -0.05) is 198 Å². The van der Waals surface area contributed by atoms with E-state index in [-0.39, 0.29) is 10.8 Å². The molecule has 9 aromatic carbocycles. The maximum absolute atomic E-state index is 2.50. The topological polar surface area (TPSA) is 3.24 Å². The lowest BCUT2D eigenvalue weighted by atomic mass is 9.81. The molecular formula is C60H47N. The van der Waals surface area contributed by atoms with Crippen molar-refractivity contribution in [2.75, 3.05) is 4.90 Å². The van der Waals surface area contributed by atoms with Gasteiger partial charge in [0.15, 0.2) is 0 Å². The molecule has 2 aliphatic carbocycles. The van der Waals surface area contributed by atoms with Crippen molar-refractivity contribution in [3.05, 3.63) is 235 Å². The third-order valence-electron chi connectivity index (χ3n) is 13.5. The zero-order valence-electron chi connectivity index (χ0n) is 35.2. The molecule has 0 aliphatic heterocycles. The van der Waals surface area contributed by atoms with E-state index in [4.69, 9.17) is 0 Å². The third kappa shape index (κ3) is 6.07. The summed E-state index contributed by atoms with van der Waals surface area (Å²) in [7, 11) is 0. The molecule has 0 amide bonds. The Balaban J connectivity index is 1.02. The molecule has 0 fully saturated rings. The summed E-state index contributed by atoms with van der Waals surface area (Å²) in [6.45, 7) is 9.56. The Hall–Kier alpha value is -7.22. The lowest BCUT2D eigenvalue weighted by Gasteiger charge is -2.31. The number of hydrogen-bond donors (Lipinski definition) is 0. The minimum absolute atomic E-state index is 0.183. The highest BCUT2D eigenvalue weighted by Crippen LogP contribution is 2.54. The Morgan fingerprint density at radius 3 is 1.07 bits per heavy atom. The highest BCUT2D eigenvalue weighted by atomic mass is 15.1. The predicted molar refractivity (Wildman–Crippen MR) is 258 cm³/mol. The summed E-state index contributed by atoms with van der Waals surface area (Å²) >= 11 is 0. The maximum Gasteiger partial charge on any atom is 0.0540 e. The lowest BCUT2D eigenvalue weighted by molar-refractivity contribution is 0.660. The van der Waals surface area contributed by atoms with Crippen LogP contribution in [0.5, 0.6) is 0 Å². The van der Waals surface area contributed by atoms with Crippen molar-refractivity contribution >= 4 is 17.1 Å². The molecule has 61 heavy (non-hydrogen) atoms. The number of anilines is 3. The van der Waals surface area contributed by atoms with Crippen LogP contribution in [-0.2, 0) is 10.8 Å². The van der Waals surface area contributed by atoms with Crippen LogP contribution in [0.3, 0.4) is 0 Å². The lowest BCUT2D eigenvalue weighted by Crippen LogP contribution is -2.18. The zero-order valence-corrected chi connectivity index (χ0v) is 35.2. The average Bonchev–Trinajstić information content (AvgIpc) is 3.68. The molecule has 0 saturated carbocycles. The van der Waals surface area contributed by atoms with Crippen LogP contribution in [0.1, 0.15) is 49.9 Å². The molecule has 0 radical (unpaired) electrons. The number of fused-ring (bicyclic) bond motifs is 6. The number of para-hydroxylation sites is 1. The van der Waals surface area contributed by atoms with Crippen molar-refractivity contribution in [1.29, 1.82) is 0 Å². The van der Waals surface area contributed by atoms with Gasteiger partial charge in [0.05, 0.1) is 5.69 Å². The van der Waals surface area contributed by atoms with Crippen molar-refractivity contribution in [3.8, 4) is 66.8 Å². The first-order valence-corrected chi connectivity index (χ1v) is 21.5. The summed E-state index contributed by atoms with van der Waals surface area (Å²) in [6.07, 6.45) is 0. The molecule has 0 spiro atoms. The van der Waals surface area contributed by atoms with Crippen LogP contribution in [0.4, 0.5) is 17.1 Å². The summed E-state index contributed by atoms with van der Waals surface area (Å²) in [5.41, 5.74) is 23.6. The summed E-state index contributed by atoms with van der Waals surface area (Å²) in [5.74, 6) is 0. The van der Waals surface area contributed by atoms with Crippen molar-refractivity contribution < 1.29 is 0 Å². The van der Waals surface area contributed by atoms with E-state index in [1.165, 1.54) is 89.0 Å². The van der Waals surface area contributed by atoms with E-state index in [0.717, 1.165) is 17.1 Å². The van der Waals surface area contributed by atoms with Crippen molar-refractivity contribution in [1.82, 2.24) is 0 Å². The number of benzene rings is 9. The Morgan fingerprint density at radius 2 is 0.590 bits per heavy atom. The second kappa shape index (κ2) is 14.2. The van der Waals surface area contributed by atoms with E-state index in [0.29, 0.717) is 0 Å². The van der Waals surface area contributed by atoms with Crippen LogP contribution in [0.2, 0.25) is 0 Å². The standard InChI is InChI=1S/C60H47N/c1-59(2)54-36-45(41-18-10-6-11-19-41)28-32-50(54)52-34-30-47(38-56(52)59)61(58-23-15-14-22-49(58)44-20-12-7-13-21-44)48-31-35-53-51-33-29-46(37-55(51)60(3,4)57(53)39-48)43-26-24-42(25-27-43)40-16-8-5-9-17-40/h5-39H,1-4H3. The van der Waals surface area contributed by atoms with Gasteiger partial charge in [0.1, 0.15) is 0 Å². The predicted octanol–water partition coefficient (Wildman–Crippen LogP) is 16.4. The van der Waals surface area contributed by atoms with Gasteiger partial charge >= 0.3 is 0 Å². The van der Waals surface area contributed by atoms with Crippen LogP contribution in [-0.4, -0.2) is 0 Å². The SMILES string of the molecule is CC1(C)c2cc(-c3ccccc3)ccc2-c2ccc(N(c3ccc4c(c3)C(C)(C)c3cc(-c5ccc(-c6ccccc6)cc5)ccc3-4)c3ccccc3-c3ccccc3)cc21. The van der Waals surface area contributed by atoms with Gasteiger partial charge in [-0.2, -0.15) is 0 Å². The molecule has 0 atom stereocenters. The first-order valence-electron chi connectivity index (χ1n) is 21.5. The third-order valence-corrected chi connectivity index (χ3v) is 13.5. The molecule has 292 valence electrons. The molecule has 11 rings (SSSR count). The summed E-state index contributed by atoms with van der Waals surface area (Å²) in [6, 6.07) is 78.5. The van der Waals surface area contributed by atoms with E-state index in [1.54, 1.807) is 0 Å². The van der Waals surface area contributed by atoms with Gasteiger partial charge < -0.3 is 4.90 Å². The van der Waals surface area contributed by atoms with Crippen LogP contribution in [0.25, 0.3) is 66.8 Å². The average molecular weight is 782 g/mol. The fourth-order valence-corrected chi connectivity index (χ4v) is 10.2. The van der Waals surface area contributed by atoms with Crippen LogP contribution < -0.4 is 4.90 Å². The molecule has 0 unspecified atom stereocenters. The molecule has 0 heterocycles. The highest BCUT2D eigenvalue weighted by molar-refractivity contribution is 5.93. The van der Waals surface area contributed by atoms with Crippen LogP contribution >= 0.6 is 0 Å². The van der Waals surface area contributed by atoms with E-state index < -0.39 is 0 Å². The Bertz CT molecular complexity index is 3100. The van der Waals surface area contributed by atoms with Gasteiger partial charge in [0.2, 0.25) is 0 Å². The first-order chi connectivity index (χ1) is 29.8. The Morgan fingerprint density at radius 1 is 0.262 bits per heavy atom. The van der Waals surface area contributed by atoms with Gasteiger partial charge in [-0.15, -0.1) is 0 Å². The quantitative estimate of drug-likeness (QED) is 0.156. The van der Waals surface area contributed by atoms with Gasteiger partial charge in [0, 0.05) is 27.8 Å². The second-order valence-electron chi connectivity index (χ2n) is 17.8. The van der Waals surface area contributed by atoms with Crippen molar-refractivity contribution in [2.45, 2.75) is 38.5 Å². The Kier molecular flexibility index (Phi) is 8.58. The molecule has 1 heteroatoms. The van der Waals surface area contributed by atoms with Crippen LogP contribution in [0, 0.1) is 0 Å². The monoisotopic (exact) mass is 781 g/mol. The fraction of sp³-hybridized carbons (Fsp3) is 0.100. The first kappa shape index (κ1) is 36.8. The van der Waals surface area contributed by atoms with Gasteiger partial charge in [0.25, 0.3) is 0 Å². The molecule has 2 aliphatic rings. The summed E-state index contributed by atoms with van der Waals surface area (Å²) < 4.78 is 0. The molecule has 1 nitrogen and oxygen atoms in total. The normalized spacial score (nSPS) is 13.8. The summed E-state index contributed by atoms with van der Waals surface area (Å²) in [5, 5.41) is 0. The van der Waals surface area contributed by atoms with Gasteiger partial charge in [-0.05, 0) is 126 Å². The fourth-order valence-electron chi connectivity index (χ4n) is 10.2. The second-order valence-corrected chi connectivity index (χ2v) is 17.8. The largest absolute Gasteiger partial charge is 0.310 e. The number of rotatable bonds is 7. The minimum Gasteiger partial charge on any atom is -0.310 e. The molecular weight excluding hydrogens is 735 g/mol. The number of hydrogen-bond acceptors (Lipinski definition) is 1. The molecule has 0 aromatic heterocycles. The molecule has 0 saturated heterocycles. The minimum atomic E-state index is -0.205. The van der Waals surface area contributed by atoms with Crippen molar-refractivity contribution in [2.24, 2.45) is 0 Å². The van der Waals surface area contributed by atoms with E-state index in [1.807, 2.05) is 0 Å². The van der Waals surface area contributed by atoms with E-state index in [9.17, 15) is 0 Å². The van der Waals surface area contributed by atoms with E-state index >= 15 is 0 Å².